The van der Waals surface area contributed by atoms with Crippen molar-refractivity contribution in [3.63, 3.8) is 0 Å². The number of amides is 1. The van der Waals surface area contributed by atoms with Crippen LogP contribution in [0.3, 0.4) is 0 Å². The Morgan fingerprint density at radius 2 is 2.00 bits per heavy atom. The highest BCUT2D eigenvalue weighted by Crippen LogP contribution is 2.44. The van der Waals surface area contributed by atoms with E-state index in [2.05, 4.69) is 10.3 Å². The molecule has 23 heavy (non-hydrogen) atoms. The molecule has 124 valence electrons. The first kappa shape index (κ1) is 15.1. The largest absolute Gasteiger partial charge is 0.310 e. The lowest BCUT2D eigenvalue weighted by molar-refractivity contribution is -0.122. The monoisotopic (exact) mass is 313 g/mol. The highest BCUT2D eigenvalue weighted by molar-refractivity contribution is 5.97. The number of nitrogens with zero attached hydrogens (tertiary/aromatic N) is 2. The molecular weight excluding hydrogens is 286 g/mol. The molecule has 0 radical (unpaired) electrons. The maximum atomic E-state index is 12.9. The molecular formula is C19H27N3O. The van der Waals surface area contributed by atoms with Gasteiger partial charge in [0, 0.05) is 18.8 Å². The third-order valence-electron chi connectivity index (χ3n) is 5.84. The van der Waals surface area contributed by atoms with Crippen LogP contribution < -0.4 is 10.2 Å². The molecule has 2 heterocycles. The summed E-state index contributed by atoms with van der Waals surface area (Å²) in [5, 5.41) is 3.71. The zero-order valence-electron chi connectivity index (χ0n) is 13.8. The molecule has 3 unspecified atom stereocenters. The molecule has 1 aliphatic heterocycles. The van der Waals surface area contributed by atoms with Crippen LogP contribution in [0.2, 0.25) is 0 Å². The highest BCUT2D eigenvalue weighted by Gasteiger charge is 2.37. The van der Waals surface area contributed by atoms with Gasteiger partial charge in [-0.25, -0.2) is 0 Å². The second-order valence-corrected chi connectivity index (χ2v) is 7.52. The molecule has 3 aliphatic rings. The van der Waals surface area contributed by atoms with Gasteiger partial charge in [0.1, 0.15) is 0 Å². The van der Waals surface area contributed by atoms with Gasteiger partial charge in [0.15, 0.2) is 0 Å². The van der Waals surface area contributed by atoms with Gasteiger partial charge < -0.3 is 10.2 Å². The Hall–Kier alpha value is -1.42. The third kappa shape index (κ3) is 3.42. The van der Waals surface area contributed by atoms with Crippen molar-refractivity contribution in [2.45, 2.75) is 63.5 Å². The van der Waals surface area contributed by atoms with Crippen LogP contribution in [-0.4, -0.2) is 29.5 Å². The Kier molecular flexibility index (Phi) is 4.34. The Morgan fingerprint density at radius 3 is 2.78 bits per heavy atom. The van der Waals surface area contributed by atoms with Crippen molar-refractivity contribution in [1.29, 1.82) is 0 Å². The summed E-state index contributed by atoms with van der Waals surface area (Å²) in [5.74, 6) is 2.14. The lowest BCUT2D eigenvalue weighted by atomic mass is 9.82. The Labute approximate surface area is 138 Å². The molecule has 0 spiro atoms. The van der Waals surface area contributed by atoms with Crippen molar-refractivity contribution < 1.29 is 4.79 Å². The van der Waals surface area contributed by atoms with Gasteiger partial charge in [-0.3, -0.25) is 9.78 Å². The summed E-state index contributed by atoms with van der Waals surface area (Å²) in [6, 6.07) is 4.42. The molecule has 0 aromatic carbocycles. The molecule has 1 aromatic rings. The van der Waals surface area contributed by atoms with Gasteiger partial charge >= 0.3 is 0 Å². The quantitative estimate of drug-likeness (QED) is 0.929. The molecule has 3 atom stereocenters. The van der Waals surface area contributed by atoms with Crippen molar-refractivity contribution in [1.82, 2.24) is 10.3 Å². The number of hydrogen-bond donors (Lipinski definition) is 1. The molecule has 2 saturated carbocycles. The van der Waals surface area contributed by atoms with Gasteiger partial charge in [-0.15, -0.1) is 0 Å². The van der Waals surface area contributed by atoms with Crippen molar-refractivity contribution in [3.05, 3.63) is 24.5 Å². The molecule has 1 N–H and O–H groups in total. The maximum Gasteiger partial charge on any atom is 0.244 e. The molecule has 4 nitrogen and oxygen atoms in total. The van der Waals surface area contributed by atoms with Crippen LogP contribution in [-0.2, 0) is 4.79 Å². The van der Waals surface area contributed by atoms with E-state index >= 15 is 0 Å². The summed E-state index contributed by atoms with van der Waals surface area (Å²) in [6.07, 6.45) is 13.7. The lowest BCUT2D eigenvalue weighted by Crippen LogP contribution is -2.54. The second kappa shape index (κ2) is 6.60. The molecule has 1 saturated heterocycles. The van der Waals surface area contributed by atoms with E-state index in [1.807, 2.05) is 17.0 Å². The zero-order chi connectivity index (χ0) is 15.6. The lowest BCUT2D eigenvalue weighted by Gasteiger charge is -2.37. The van der Waals surface area contributed by atoms with Gasteiger partial charge in [0.2, 0.25) is 5.91 Å². The SMILES string of the molecule is O=C1C(NC2CCCC(C3CC3)C2)CCCN1c1cccnc1. The summed E-state index contributed by atoms with van der Waals surface area (Å²) in [6.45, 7) is 0.818. The number of nitrogens with one attached hydrogen (secondary N) is 1. The van der Waals surface area contributed by atoms with Crippen molar-refractivity contribution in [2.75, 3.05) is 11.4 Å². The van der Waals surface area contributed by atoms with Gasteiger partial charge in [-0.05, 0) is 62.5 Å². The van der Waals surface area contributed by atoms with Crippen molar-refractivity contribution in [2.24, 2.45) is 11.8 Å². The van der Waals surface area contributed by atoms with Gasteiger partial charge in [-0.1, -0.05) is 12.8 Å². The predicted octanol–water partition coefficient (Wildman–Crippen LogP) is 3.14. The van der Waals surface area contributed by atoms with Crippen molar-refractivity contribution in [3.8, 4) is 0 Å². The van der Waals surface area contributed by atoms with Gasteiger partial charge in [0.25, 0.3) is 0 Å². The van der Waals surface area contributed by atoms with E-state index in [-0.39, 0.29) is 11.9 Å². The Balaban J connectivity index is 1.39. The smallest absolute Gasteiger partial charge is 0.244 e. The van der Waals surface area contributed by atoms with Crippen LogP contribution >= 0.6 is 0 Å². The minimum absolute atomic E-state index is 0.00749. The minimum Gasteiger partial charge on any atom is -0.310 e. The predicted molar refractivity (Wildman–Crippen MR) is 91.2 cm³/mol. The number of carbonyl (C=O) groups excluding carboxylic acids is 1. The van der Waals surface area contributed by atoms with Gasteiger partial charge in [0.05, 0.1) is 17.9 Å². The van der Waals surface area contributed by atoms with Crippen molar-refractivity contribution >= 4 is 11.6 Å². The molecule has 2 aliphatic carbocycles. The van der Waals surface area contributed by atoms with E-state index in [0.717, 1.165) is 36.9 Å². The Bertz CT molecular complexity index is 543. The fourth-order valence-electron chi connectivity index (χ4n) is 4.46. The normalized spacial score (nSPS) is 32.1. The molecule has 1 amide bonds. The summed E-state index contributed by atoms with van der Waals surface area (Å²) < 4.78 is 0. The standard InChI is InChI=1S/C19H27N3O/c23-19-18(7-3-11-22(19)17-6-2-10-20-13-17)21-16-5-1-4-15(12-16)14-8-9-14/h2,6,10,13-16,18,21H,1,3-5,7-9,11-12H2. The number of rotatable bonds is 4. The average Bonchev–Trinajstić information content (AvgIpc) is 3.43. The van der Waals surface area contributed by atoms with E-state index in [4.69, 9.17) is 0 Å². The molecule has 4 heteroatoms. The van der Waals surface area contributed by atoms with Crippen LogP contribution in [0.15, 0.2) is 24.5 Å². The van der Waals surface area contributed by atoms with Crippen LogP contribution in [0.5, 0.6) is 0 Å². The number of carbonyl (C=O) groups is 1. The van der Waals surface area contributed by atoms with Gasteiger partial charge in [-0.2, -0.15) is 0 Å². The first-order valence-corrected chi connectivity index (χ1v) is 9.29. The Morgan fingerprint density at radius 1 is 1.09 bits per heavy atom. The number of pyridine rings is 1. The van der Waals surface area contributed by atoms with Crippen LogP contribution in [0.1, 0.15) is 51.4 Å². The van der Waals surface area contributed by atoms with E-state index in [0.29, 0.717) is 6.04 Å². The fraction of sp³-hybridized carbons (Fsp3) is 0.684. The highest BCUT2D eigenvalue weighted by atomic mass is 16.2. The molecule has 1 aromatic heterocycles. The topological polar surface area (TPSA) is 45.2 Å². The fourth-order valence-corrected chi connectivity index (χ4v) is 4.46. The maximum absolute atomic E-state index is 12.9. The van der Waals surface area contributed by atoms with Crippen LogP contribution in [0.25, 0.3) is 0 Å². The number of anilines is 1. The summed E-state index contributed by atoms with van der Waals surface area (Å²) in [7, 11) is 0. The van der Waals surface area contributed by atoms with Crippen LogP contribution in [0.4, 0.5) is 5.69 Å². The molecule has 3 fully saturated rings. The first-order chi connectivity index (χ1) is 11.3. The van der Waals surface area contributed by atoms with E-state index < -0.39 is 0 Å². The molecule has 0 bridgehead atoms. The summed E-state index contributed by atoms with van der Waals surface area (Å²) >= 11 is 0. The summed E-state index contributed by atoms with van der Waals surface area (Å²) in [4.78, 5) is 18.9. The minimum atomic E-state index is -0.00749. The van der Waals surface area contributed by atoms with E-state index in [9.17, 15) is 4.79 Å². The number of aromatic nitrogens is 1. The zero-order valence-corrected chi connectivity index (χ0v) is 13.8. The third-order valence-corrected chi connectivity index (χ3v) is 5.84. The van der Waals surface area contributed by atoms with Crippen LogP contribution in [0, 0.1) is 11.8 Å². The number of piperidine rings is 1. The number of hydrogen-bond acceptors (Lipinski definition) is 3. The first-order valence-electron chi connectivity index (χ1n) is 9.29. The summed E-state index contributed by atoms with van der Waals surface area (Å²) in [5.41, 5.74) is 0.934. The van der Waals surface area contributed by atoms with E-state index in [1.165, 1.54) is 38.5 Å². The molecule has 4 rings (SSSR count). The average molecular weight is 313 g/mol. The second-order valence-electron chi connectivity index (χ2n) is 7.52. The van der Waals surface area contributed by atoms with E-state index in [1.54, 1.807) is 12.4 Å².